The summed E-state index contributed by atoms with van der Waals surface area (Å²) in [6, 6.07) is 5.06. The van der Waals surface area contributed by atoms with Crippen molar-refractivity contribution in [1.29, 1.82) is 0 Å². The molecule has 0 saturated carbocycles. The Bertz CT molecular complexity index is 363. The van der Waals surface area contributed by atoms with Crippen molar-refractivity contribution in [3.8, 4) is 0 Å². The van der Waals surface area contributed by atoms with Crippen LogP contribution < -0.4 is 5.32 Å². The summed E-state index contributed by atoms with van der Waals surface area (Å²) in [5.74, 6) is -0.204. The number of nitrogens with one attached hydrogen (secondary N) is 1. The average molecular weight is 320 g/mol. The second kappa shape index (κ2) is 8.58. The smallest absolute Gasteiger partial charge is 0.129 e. The van der Waals surface area contributed by atoms with Gasteiger partial charge in [-0.1, -0.05) is 22.0 Å². The number of benzene rings is 1. The van der Waals surface area contributed by atoms with Crippen molar-refractivity contribution in [3.05, 3.63) is 34.1 Å². The molecule has 18 heavy (non-hydrogen) atoms. The highest BCUT2D eigenvalue weighted by molar-refractivity contribution is 9.10. The maximum absolute atomic E-state index is 13.7. The van der Waals surface area contributed by atoms with Crippen LogP contribution in [-0.4, -0.2) is 33.5 Å². The van der Waals surface area contributed by atoms with Crippen LogP contribution in [0.3, 0.4) is 0 Å². The molecule has 3 nitrogen and oxygen atoms in total. The summed E-state index contributed by atoms with van der Waals surface area (Å²) in [7, 11) is 1.64. The van der Waals surface area contributed by atoms with Gasteiger partial charge in [0, 0.05) is 29.7 Å². The summed E-state index contributed by atoms with van der Waals surface area (Å²) in [5, 5.41) is 3.21. The summed E-state index contributed by atoms with van der Waals surface area (Å²) in [4.78, 5) is 0. The lowest BCUT2D eigenvalue weighted by atomic mass is 10.1. The van der Waals surface area contributed by atoms with Crippen molar-refractivity contribution >= 4 is 15.9 Å². The van der Waals surface area contributed by atoms with E-state index >= 15 is 0 Å². The first kappa shape index (κ1) is 15.6. The van der Waals surface area contributed by atoms with Gasteiger partial charge in [0.1, 0.15) is 5.82 Å². The van der Waals surface area contributed by atoms with E-state index in [0.717, 1.165) is 4.47 Å². The minimum atomic E-state index is -0.204. The van der Waals surface area contributed by atoms with Gasteiger partial charge in [0.15, 0.2) is 0 Å². The van der Waals surface area contributed by atoms with Gasteiger partial charge in [-0.2, -0.15) is 0 Å². The van der Waals surface area contributed by atoms with Gasteiger partial charge in [0.05, 0.1) is 19.8 Å². The molecule has 0 aliphatic rings. The molecule has 0 heterocycles. The van der Waals surface area contributed by atoms with Gasteiger partial charge in [-0.05, 0) is 19.1 Å². The fourth-order valence-corrected chi connectivity index (χ4v) is 1.89. The molecule has 0 bridgehead atoms. The third kappa shape index (κ3) is 5.44. The predicted octanol–water partition coefficient (Wildman–Crippen LogP) is 2.90. The first-order chi connectivity index (χ1) is 8.65. The van der Waals surface area contributed by atoms with E-state index in [1.54, 1.807) is 13.2 Å². The highest BCUT2D eigenvalue weighted by atomic mass is 79.9. The molecule has 0 radical (unpaired) electrons. The third-order valence-electron chi connectivity index (χ3n) is 2.56. The topological polar surface area (TPSA) is 30.5 Å². The fourth-order valence-electron chi connectivity index (χ4n) is 1.55. The quantitative estimate of drug-likeness (QED) is 0.747. The second-order valence-corrected chi connectivity index (χ2v) is 4.86. The number of halogens is 2. The molecule has 1 aromatic carbocycles. The summed E-state index contributed by atoms with van der Waals surface area (Å²) in [5.41, 5.74) is 0.662. The largest absolute Gasteiger partial charge is 0.382 e. The average Bonchev–Trinajstić information content (AvgIpc) is 2.33. The van der Waals surface area contributed by atoms with E-state index in [1.807, 2.05) is 13.0 Å². The maximum Gasteiger partial charge on any atom is 0.129 e. The third-order valence-corrected chi connectivity index (χ3v) is 3.05. The number of ether oxygens (including phenoxy) is 2. The van der Waals surface area contributed by atoms with Crippen LogP contribution in [0, 0.1) is 5.82 Å². The molecule has 1 unspecified atom stereocenters. The van der Waals surface area contributed by atoms with Crippen molar-refractivity contribution in [2.75, 3.05) is 33.5 Å². The molecule has 0 aliphatic carbocycles. The Kier molecular flexibility index (Phi) is 7.42. The molecule has 0 aromatic heterocycles. The Balaban J connectivity index is 2.29. The van der Waals surface area contributed by atoms with E-state index in [0.29, 0.717) is 31.9 Å². The highest BCUT2D eigenvalue weighted by Gasteiger charge is 2.10. The zero-order valence-electron chi connectivity index (χ0n) is 10.7. The van der Waals surface area contributed by atoms with Crippen molar-refractivity contribution in [1.82, 2.24) is 5.32 Å². The Morgan fingerprint density at radius 3 is 2.78 bits per heavy atom. The number of rotatable bonds is 8. The Labute approximate surface area is 116 Å². The molecule has 1 atom stereocenters. The predicted molar refractivity (Wildman–Crippen MR) is 73.2 cm³/mol. The van der Waals surface area contributed by atoms with E-state index in [4.69, 9.17) is 9.47 Å². The normalized spacial score (nSPS) is 12.7. The first-order valence-corrected chi connectivity index (χ1v) is 6.69. The van der Waals surface area contributed by atoms with E-state index in [9.17, 15) is 4.39 Å². The highest BCUT2D eigenvalue weighted by Crippen LogP contribution is 2.20. The van der Waals surface area contributed by atoms with Crippen LogP contribution in [0.1, 0.15) is 18.5 Å². The van der Waals surface area contributed by atoms with Crippen LogP contribution >= 0.6 is 15.9 Å². The van der Waals surface area contributed by atoms with Crippen molar-refractivity contribution < 1.29 is 13.9 Å². The molecule has 1 rings (SSSR count). The Morgan fingerprint density at radius 2 is 2.11 bits per heavy atom. The van der Waals surface area contributed by atoms with Crippen LogP contribution in [-0.2, 0) is 9.47 Å². The summed E-state index contributed by atoms with van der Waals surface area (Å²) in [6.45, 7) is 4.38. The summed E-state index contributed by atoms with van der Waals surface area (Å²) in [6.07, 6.45) is 0. The van der Waals surface area contributed by atoms with Crippen LogP contribution in [0.15, 0.2) is 22.7 Å². The molecule has 0 fully saturated rings. The molecule has 1 N–H and O–H groups in total. The van der Waals surface area contributed by atoms with Gasteiger partial charge in [-0.25, -0.2) is 4.39 Å². The van der Waals surface area contributed by atoms with Crippen molar-refractivity contribution in [3.63, 3.8) is 0 Å². The zero-order chi connectivity index (χ0) is 13.4. The van der Waals surface area contributed by atoms with Gasteiger partial charge in [0.25, 0.3) is 0 Å². The number of methoxy groups -OCH3 is 1. The van der Waals surface area contributed by atoms with Gasteiger partial charge < -0.3 is 14.8 Å². The van der Waals surface area contributed by atoms with Gasteiger partial charge in [0.2, 0.25) is 0 Å². The summed E-state index contributed by atoms with van der Waals surface area (Å²) >= 11 is 3.24. The lowest BCUT2D eigenvalue weighted by molar-refractivity contribution is 0.0712. The second-order valence-electron chi connectivity index (χ2n) is 3.95. The van der Waals surface area contributed by atoms with Crippen molar-refractivity contribution in [2.45, 2.75) is 13.0 Å². The van der Waals surface area contributed by atoms with Gasteiger partial charge >= 0.3 is 0 Å². The summed E-state index contributed by atoms with van der Waals surface area (Å²) < 4.78 is 24.6. The standard InChI is InChI=1S/C13H19BrFNO2/c1-10(16-5-6-18-8-7-17-2)12-4-3-11(14)9-13(12)15/h3-4,9-10,16H,5-8H2,1-2H3. The zero-order valence-corrected chi connectivity index (χ0v) is 12.3. The van der Waals surface area contributed by atoms with Gasteiger partial charge in [-0.3, -0.25) is 0 Å². The minimum Gasteiger partial charge on any atom is -0.382 e. The van der Waals surface area contributed by atoms with E-state index in [2.05, 4.69) is 21.2 Å². The van der Waals surface area contributed by atoms with Crippen LogP contribution in [0.2, 0.25) is 0 Å². The molecule has 0 aliphatic heterocycles. The maximum atomic E-state index is 13.7. The molecule has 0 saturated heterocycles. The lowest BCUT2D eigenvalue weighted by Crippen LogP contribution is -2.24. The first-order valence-electron chi connectivity index (χ1n) is 5.90. The molecule has 0 spiro atoms. The SMILES string of the molecule is COCCOCCNC(C)c1ccc(Br)cc1F. The van der Waals surface area contributed by atoms with Crippen LogP contribution in [0.25, 0.3) is 0 Å². The molecular weight excluding hydrogens is 301 g/mol. The Hall–Kier alpha value is -0.490. The van der Waals surface area contributed by atoms with E-state index in [1.165, 1.54) is 6.07 Å². The molecule has 5 heteroatoms. The number of hydrogen-bond acceptors (Lipinski definition) is 3. The fraction of sp³-hybridized carbons (Fsp3) is 0.538. The Morgan fingerprint density at radius 1 is 1.33 bits per heavy atom. The minimum absolute atomic E-state index is 0.0378. The van der Waals surface area contributed by atoms with Gasteiger partial charge in [-0.15, -0.1) is 0 Å². The molecule has 1 aromatic rings. The van der Waals surface area contributed by atoms with E-state index in [-0.39, 0.29) is 11.9 Å². The van der Waals surface area contributed by atoms with Crippen molar-refractivity contribution in [2.24, 2.45) is 0 Å². The molecule has 102 valence electrons. The lowest BCUT2D eigenvalue weighted by Gasteiger charge is -2.15. The van der Waals surface area contributed by atoms with E-state index < -0.39 is 0 Å². The molecular formula is C13H19BrFNO2. The number of hydrogen-bond donors (Lipinski definition) is 1. The molecule has 0 amide bonds. The van der Waals surface area contributed by atoms with Crippen LogP contribution in [0.5, 0.6) is 0 Å². The van der Waals surface area contributed by atoms with Crippen LogP contribution in [0.4, 0.5) is 4.39 Å². The monoisotopic (exact) mass is 319 g/mol.